The van der Waals surface area contributed by atoms with Crippen LogP contribution < -0.4 is 4.74 Å². The summed E-state index contributed by atoms with van der Waals surface area (Å²) in [6.07, 6.45) is 2.14. The lowest BCUT2D eigenvalue weighted by Gasteiger charge is -2.37. The van der Waals surface area contributed by atoms with E-state index in [1.165, 1.54) is 0 Å². The maximum absolute atomic E-state index is 12.3. The fourth-order valence-electron chi connectivity index (χ4n) is 2.25. The number of methoxy groups -OCH3 is 1. The lowest BCUT2D eigenvalue weighted by Crippen LogP contribution is -2.41. The highest BCUT2D eigenvalue weighted by Gasteiger charge is 2.28. The third-order valence-electron chi connectivity index (χ3n) is 3.72. The van der Waals surface area contributed by atoms with Crippen LogP contribution in [0.25, 0.3) is 0 Å². The largest absolute Gasteiger partial charge is 0.497 e. The first kappa shape index (κ1) is 12.9. The molecule has 3 nitrogen and oxygen atoms in total. The molecule has 3 heteroatoms. The van der Waals surface area contributed by atoms with Crippen molar-refractivity contribution >= 4 is 5.91 Å². The predicted molar refractivity (Wildman–Crippen MR) is 71.9 cm³/mol. The first-order valence-electron chi connectivity index (χ1n) is 6.45. The quantitative estimate of drug-likeness (QED) is 0.804. The second kappa shape index (κ2) is 5.01. The molecule has 1 aromatic rings. The second-order valence-corrected chi connectivity index (χ2v) is 5.69. The Morgan fingerprint density at radius 3 is 2.56 bits per heavy atom. The van der Waals surface area contributed by atoms with Gasteiger partial charge in [-0.1, -0.05) is 19.9 Å². The summed E-state index contributed by atoms with van der Waals surface area (Å²) in [6.45, 7) is 6.23. The first-order valence-corrected chi connectivity index (χ1v) is 6.45. The summed E-state index contributed by atoms with van der Waals surface area (Å²) >= 11 is 0. The Kier molecular flexibility index (Phi) is 3.60. The van der Waals surface area contributed by atoms with E-state index in [-0.39, 0.29) is 5.91 Å². The average Bonchev–Trinajstić information content (AvgIpc) is 2.38. The molecule has 0 radical (unpaired) electrons. The maximum atomic E-state index is 12.3. The van der Waals surface area contributed by atoms with E-state index in [1.54, 1.807) is 7.11 Å². The molecule has 0 atom stereocenters. The minimum absolute atomic E-state index is 0.115. The molecule has 1 fully saturated rings. The van der Waals surface area contributed by atoms with Gasteiger partial charge in [0.1, 0.15) is 5.75 Å². The van der Waals surface area contributed by atoms with Crippen molar-refractivity contribution in [2.75, 3.05) is 20.2 Å². The normalized spacial score (nSPS) is 18.5. The summed E-state index contributed by atoms with van der Waals surface area (Å²) in [6, 6.07) is 7.38. The van der Waals surface area contributed by atoms with Gasteiger partial charge in [0.15, 0.2) is 0 Å². The van der Waals surface area contributed by atoms with Crippen LogP contribution in [0.15, 0.2) is 24.3 Å². The van der Waals surface area contributed by atoms with Crippen molar-refractivity contribution in [2.24, 2.45) is 5.41 Å². The number of benzene rings is 1. The Bertz CT molecular complexity index is 430. The van der Waals surface area contributed by atoms with Crippen molar-refractivity contribution < 1.29 is 9.53 Å². The summed E-state index contributed by atoms with van der Waals surface area (Å²) in [5.74, 6) is 0.850. The average molecular weight is 247 g/mol. The summed E-state index contributed by atoms with van der Waals surface area (Å²) in [4.78, 5) is 14.3. The van der Waals surface area contributed by atoms with Gasteiger partial charge in [0.2, 0.25) is 0 Å². The highest BCUT2D eigenvalue weighted by molar-refractivity contribution is 5.94. The monoisotopic (exact) mass is 247 g/mol. The molecule has 0 aliphatic carbocycles. The van der Waals surface area contributed by atoms with Crippen molar-refractivity contribution in [3.05, 3.63) is 29.8 Å². The molecule has 0 N–H and O–H groups in total. The molecule has 18 heavy (non-hydrogen) atoms. The van der Waals surface area contributed by atoms with Gasteiger partial charge in [0, 0.05) is 18.7 Å². The number of ether oxygens (including phenoxy) is 1. The van der Waals surface area contributed by atoms with E-state index in [1.807, 2.05) is 29.2 Å². The summed E-state index contributed by atoms with van der Waals surface area (Å²) < 4.78 is 5.15. The third-order valence-corrected chi connectivity index (χ3v) is 3.72. The van der Waals surface area contributed by atoms with E-state index < -0.39 is 0 Å². The minimum Gasteiger partial charge on any atom is -0.497 e. The molecule has 0 unspecified atom stereocenters. The van der Waals surface area contributed by atoms with Crippen LogP contribution in [-0.2, 0) is 0 Å². The number of carbonyl (C=O) groups is 1. The van der Waals surface area contributed by atoms with E-state index in [0.29, 0.717) is 11.0 Å². The van der Waals surface area contributed by atoms with Gasteiger partial charge in [-0.3, -0.25) is 4.79 Å². The highest BCUT2D eigenvalue weighted by atomic mass is 16.5. The van der Waals surface area contributed by atoms with E-state index in [2.05, 4.69) is 13.8 Å². The number of likely N-dealkylation sites (tertiary alicyclic amines) is 1. The van der Waals surface area contributed by atoms with Gasteiger partial charge in [-0.25, -0.2) is 0 Å². The Morgan fingerprint density at radius 2 is 1.94 bits per heavy atom. The smallest absolute Gasteiger partial charge is 0.253 e. The van der Waals surface area contributed by atoms with Crippen LogP contribution in [0.4, 0.5) is 0 Å². The Balaban J connectivity index is 2.07. The van der Waals surface area contributed by atoms with Crippen molar-refractivity contribution in [3.8, 4) is 5.75 Å². The van der Waals surface area contributed by atoms with Crippen LogP contribution in [0.3, 0.4) is 0 Å². The molecule has 1 aliphatic rings. The standard InChI is InChI=1S/C15H21NO2/c1-15(2)7-9-16(10-8-15)14(17)12-5-4-6-13(11-12)18-3/h4-6,11H,7-10H2,1-3H3. The molecule has 1 amide bonds. The second-order valence-electron chi connectivity index (χ2n) is 5.69. The van der Waals surface area contributed by atoms with E-state index in [0.717, 1.165) is 31.7 Å². The molecule has 1 aromatic carbocycles. The molecule has 0 bridgehead atoms. The number of hydrogen-bond donors (Lipinski definition) is 0. The number of nitrogens with zero attached hydrogens (tertiary/aromatic N) is 1. The van der Waals surface area contributed by atoms with E-state index in [9.17, 15) is 4.79 Å². The highest BCUT2D eigenvalue weighted by Crippen LogP contribution is 2.30. The third kappa shape index (κ3) is 2.84. The van der Waals surface area contributed by atoms with Gasteiger partial charge >= 0.3 is 0 Å². The summed E-state index contributed by atoms with van der Waals surface area (Å²) in [5.41, 5.74) is 1.08. The van der Waals surface area contributed by atoms with Gasteiger partial charge in [-0.15, -0.1) is 0 Å². The molecule has 1 aliphatic heterocycles. The van der Waals surface area contributed by atoms with Crippen molar-refractivity contribution in [2.45, 2.75) is 26.7 Å². The summed E-state index contributed by atoms with van der Waals surface area (Å²) in [7, 11) is 1.62. The summed E-state index contributed by atoms with van der Waals surface area (Å²) in [5, 5.41) is 0. The number of hydrogen-bond acceptors (Lipinski definition) is 2. The fourth-order valence-corrected chi connectivity index (χ4v) is 2.25. The maximum Gasteiger partial charge on any atom is 0.253 e. The van der Waals surface area contributed by atoms with Crippen LogP contribution in [0.5, 0.6) is 5.75 Å². The molecule has 1 heterocycles. The molecule has 0 saturated carbocycles. The van der Waals surface area contributed by atoms with Gasteiger partial charge in [-0.05, 0) is 36.5 Å². The molecule has 2 rings (SSSR count). The number of rotatable bonds is 2. The van der Waals surface area contributed by atoms with Crippen molar-refractivity contribution in [1.29, 1.82) is 0 Å². The zero-order valence-corrected chi connectivity index (χ0v) is 11.4. The Hall–Kier alpha value is -1.51. The lowest BCUT2D eigenvalue weighted by atomic mass is 9.82. The van der Waals surface area contributed by atoms with Crippen LogP contribution in [-0.4, -0.2) is 31.0 Å². The van der Waals surface area contributed by atoms with Crippen molar-refractivity contribution in [1.82, 2.24) is 4.90 Å². The van der Waals surface area contributed by atoms with Gasteiger partial charge in [-0.2, -0.15) is 0 Å². The molecular weight excluding hydrogens is 226 g/mol. The SMILES string of the molecule is COc1cccc(C(=O)N2CCC(C)(C)CC2)c1. The zero-order valence-electron chi connectivity index (χ0n) is 11.4. The number of amides is 1. The van der Waals surface area contributed by atoms with E-state index >= 15 is 0 Å². The Labute approximate surface area is 109 Å². The van der Waals surface area contributed by atoms with Crippen LogP contribution in [0.2, 0.25) is 0 Å². The minimum atomic E-state index is 0.115. The van der Waals surface area contributed by atoms with E-state index in [4.69, 9.17) is 4.74 Å². The van der Waals surface area contributed by atoms with Crippen LogP contribution >= 0.6 is 0 Å². The fraction of sp³-hybridized carbons (Fsp3) is 0.533. The van der Waals surface area contributed by atoms with Crippen LogP contribution in [0, 0.1) is 5.41 Å². The van der Waals surface area contributed by atoms with Gasteiger partial charge < -0.3 is 9.64 Å². The molecule has 1 saturated heterocycles. The number of carbonyl (C=O) groups excluding carboxylic acids is 1. The Morgan fingerprint density at radius 1 is 1.28 bits per heavy atom. The molecule has 0 spiro atoms. The predicted octanol–water partition coefficient (Wildman–Crippen LogP) is 2.96. The van der Waals surface area contributed by atoms with Gasteiger partial charge in [0.05, 0.1) is 7.11 Å². The zero-order chi connectivity index (χ0) is 13.2. The van der Waals surface area contributed by atoms with Crippen molar-refractivity contribution in [3.63, 3.8) is 0 Å². The van der Waals surface area contributed by atoms with Crippen LogP contribution in [0.1, 0.15) is 37.0 Å². The first-order chi connectivity index (χ1) is 8.52. The topological polar surface area (TPSA) is 29.5 Å². The van der Waals surface area contributed by atoms with Gasteiger partial charge in [0.25, 0.3) is 5.91 Å². The molecule has 0 aromatic heterocycles. The lowest BCUT2D eigenvalue weighted by molar-refractivity contribution is 0.0630. The molecular formula is C15H21NO2. The molecule has 98 valence electrons. The number of piperidine rings is 1.